The van der Waals surface area contributed by atoms with E-state index >= 15 is 0 Å². The van der Waals surface area contributed by atoms with Crippen LogP contribution in [-0.2, 0) is 11.2 Å². The summed E-state index contributed by atoms with van der Waals surface area (Å²) in [5.74, 6) is 0.0272. The highest BCUT2D eigenvalue weighted by Gasteiger charge is 2.07. The maximum atomic E-state index is 11.9. The zero-order valence-corrected chi connectivity index (χ0v) is 12.4. The van der Waals surface area contributed by atoms with Crippen molar-refractivity contribution in [2.45, 2.75) is 25.8 Å². The minimum Gasteiger partial charge on any atom is -0.376 e. The minimum atomic E-state index is 0.0272. The first-order chi connectivity index (χ1) is 10.2. The van der Waals surface area contributed by atoms with Crippen molar-refractivity contribution in [3.63, 3.8) is 0 Å². The van der Waals surface area contributed by atoms with Gasteiger partial charge in [0.2, 0.25) is 5.91 Å². The Hall–Kier alpha value is -2.29. The molecule has 0 saturated heterocycles. The van der Waals surface area contributed by atoms with Crippen molar-refractivity contribution in [1.29, 1.82) is 0 Å². The Labute approximate surface area is 126 Å². The molecular formula is C18H22N2O. The summed E-state index contributed by atoms with van der Waals surface area (Å²) in [4.78, 5) is 11.9. The summed E-state index contributed by atoms with van der Waals surface area (Å²) < 4.78 is 0. The first kappa shape index (κ1) is 15.1. The molecule has 0 heterocycles. The van der Waals surface area contributed by atoms with E-state index in [-0.39, 0.29) is 11.9 Å². The average molecular weight is 282 g/mol. The summed E-state index contributed by atoms with van der Waals surface area (Å²) in [6.07, 6.45) is 1.93. The molecule has 0 aliphatic heterocycles. The number of carbonyl (C=O) groups is 1. The Bertz CT molecular complexity index is 540. The molecule has 0 fully saturated rings. The zero-order valence-electron chi connectivity index (χ0n) is 12.4. The van der Waals surface area contributed by atoms with E-state index in [0.29, 0.717) is 6.54 Å². The molecule has 0 aromatic heterocycles. The fraction of sp³-hybridized carbons (Fsp3) is 0.278. The Balaban J connectivity index is 1.67. The summed E-state index contributed by atoms with van der Waals surface area (Å²) in [5, 5.41) is 6.13. The number of hydrogen-bond donors (Lipinski definition) is 2. The molecule has 3 heteroatoms. The number of nitrogens with one attached hydrogen (secondary N) is 2. The molecule has 0 aliphatic carbocycles. The van der Waals surface area contributed by atoms with Crippen LogP contribution in [0.25, 0.3) is 0 Å². The number of benzene rings is 2. The van der Waals surface area contributed by atoms with E-state index < -0.39 is 0 Å². The molecule has 1 atom stereocenters. The van der Waals surface area contributed by atoms with Gasteiger partial charge in [-0.3, -0.25) is 4.79 Å². The summed E-state index contributed by atoms with van der Waals surface area (Å²) in [5.41, 5.74) is 2.27. The van der Waals surface area contributed by atoms with Gasteiger partial charge in [-0.25, -0.2) is 0 Å². The van der Waals surface area contributed by atoms with Crippen LogP contribution in [0.5, 0.6) is 0 Å². The predicted molar refractivity (Wildman–Crippen MR) is 87.3 cm³/mol. The van der Waals surface area contributed by atoms with Gasteiger partial charge in [0.25, 0.3) is 0 Å². The van der Waals surface area contributed by atoms with Gasteiger partial charge in [0.1, 0.15) is 0 Å². The highest BCUT2D eigenvalue weighted by atomic mass is 16.1. The summed E-state index contributed by atoms with van der Waals surface area (Å²) in [6, 6.07) is 20.3. The van der Waals surface area contributed by atoms with Gasteiger partial charge in [0, 0.05) is 11.7 Å². The van der Waals surface area contributed by atoms with E-state index in [9.17, 15) is 4.79 Å². The van der Waals surface area contributed by atoms with Crippen LogP contribution in [0.3, 0.4) is 0 Å². The first-order valence-corrected chi connectivity index (χ1v) is 7.36. The van der Waals surface area contributed by atoms with Crippen LogP contribution in [-0.4, -0.2) is 18.5 Å². The van der Waals surface area contributed by atoms with E-state index in [1.54, 1.807) is 0 Å². The largest absolute Gasteiger partial charge is 0.376 e. The molecular weight excluding hydrogens is 260 g/mol. The number of carbonyl (C=O) groups excluding carboxylic acids is 1. The number of amides is 1. The number of rotatable bonds is 7. The number of para-hydroxylation sites is 1. The zero-order chi connectivity index (χ0) is 14.9. The van der Waals surface area contributed by atoms with Gasteiger partial charge in [-0.05, 0) is 37.5 Å². The molecule has 0 spiro atoms. The van der Waals surface area contributed by atoms with Crippen molar-refractivity contribution in [2.75, 3.05) is 11.9 Å². The summed E-state index contributed by atoms with van der Waals surface area (Å²) in [7, 11) is 0. The van der Waals surface area contributed by atoms with Gasteiger partial charge >= 0.3 is 0 Å². The quantitative estimate of drug-likeness (QED) is 0.818. The third kappa shape index (κ3) is 5.69. The van der Waals surface area contributed by atoms with Crippen molar-refractivity contribution in [3.8, 4) is 0 Å². The molecule has 1 unspecified atom stereocenters. The Morgan fingerprint density at radius 1 is 1.00 bits per heavy atom. The molecule has 2 aromatic rings. The standard InChI is InChI=1S/C18H22N2O/c1-15(12-13-16-8-4-2-5-9-16)20-18(21)14-19-17-10-6-3-7-11-17/h2-11,15,19H,12-14H2,1H3,(H,20,21). The topological polar surface area (TPSA) is 41.1 Å². The molecule has 0 aliphatic rings. The van der Waals surface area contributed by atoms with Gasteiger partial charge in [-0.2, -0.15) is 0 Å². The molecule has 2 rings (SSSR count). The predicted octanol–water partition coefficient (Wildman–Crippen LogP) is 3.24. The van der Waals surface area contributed by atoms with E-state index in [0.717, 1.165) is 18.5 Å². The Morgan fingerprint density at radius 2 is 1.62 bits per heavy atom. The second-order valence-electron chi connectivity index (χ2n) is 5.21. The van der Waals surface area contributed by atoms with E-state index in [1.165, 1.54) is 5.56 Å². The highest BCUT2D eigenvalue weighted by Crippen LogP contribution is 2.05. The second kappa shape index (κ2) is 8.10. The number of hydrogen-bond acceptors (Lipinski definition) is 2. The molecule has 1 amide bonds. The number of aryl methyl sites for hydroxylation is 1. The fourth-order valence-corrected chi connectivity index (χ4v) is 2.16. The highest BCUT2D eigenvalue weighted by molar-refractivity contribution is 5.80. The summed E-state index contributed by atoms with van der Waals surface area (Å²) in [6.45, 7) is 2.35. The Kier molecular flexibility index (Phi) is 5.83. The second-order valence-corrected chi connectivity index (χ2v) is 5.21. The third-order valence-corrected chi connectivity index (χ3v) is 3.34. The van der Waals surface area contributed by atoms with Crippen molar-refractivity contribution in [2.24, 2.45) is 0 Å². The van der Waals surface area contributed by atoms with Gasteiger partial charge in [0.05, 0.1) is 6.54 Å². The fourth-order valence-electron chi connectivity index (χ4n) is 2.16. The van der Waals surface area contributed by atoms with E-state index in [4.69, 9.17) is 0 Å². The monoisotopic (exact) mass is 282 g/mol. The van der Waals surface area contributed by atoms with Crippen molar-refractivity contribution in [3.05, 3.63) is 66.2 Å². The SMILES string of the molecule is CC(CCc1ccccc1)NC(=O)CNc1ccccc1. The van der Waals surface area contributed by atoms with Crippen molar-refractivity contribution >= 4 is 11.6 Å². The lowest BCUT2D eigenvalue weighted by atomic mass is 10.1. The van der Waals surface area contributed by atoms with E-state index in [1.807, 2.05) is 55.5 Å². The smallest absolute Gasteiger partial charge is 0.239 e. The molecule has 0 saturated carbocycles. The van der Waals surface area contributed by atoms with Crippen LogP contribution in [0.1, 0.15) is 18.9 Å². The molecule has 3 nitrogen and oxygen atoms in total. The third-order valence-electron chi connectivity index (χ3n) is 3.34. The summed E-state index contributed by atoms with van der Waals surface area (Å²) >= 11 is 0. The first-order valence-electron chi connectivity index (χ1n) is 7.36. The minimum absolute atomic E-state index is 0.0272. The lowest BCUT2D eigenvalue weighted by Crippen LogP contribution is -2.36. The molecule has 0 radical (unpaired) electrons. The maximum Gasteiger partial charge on any atom is 0.239 e. The van der Waals surface area contributed by atoms with Crippen LogP contribution >= 0.6 is 0 Å². The van der Waals surface area contributed by atoms with Gasteiger partial charge in [0.15, 0.2) is 0 Å². The Morgan fingerprint density at radius 3 is 2.29 bits per heavy atom. The molecule has 0 bridgehead atoms. The lowest BCUT2D eigenvalue weighted by Gasteiger charge is -2.14. The van der Waals surface area contributed by atoms with Gasteiger partial charge in [-0.15, -0.1) is 0 Å². The molecule has 2 aromatic carbocycles. The van der Waals surface area contributed by atoms with Gasteiger partial charge < -0.3 is 10.6 Å². The van der Waals surface area contributed by atoms with E-state index in [2.05, 4.69) is 22.8 Å². The maximum absolute atomic E-state index is 11.9. The normalized spacial score (nSPS) is 11.7. The lowest BCUT2D eigenvalue weighted by molar-refractivity contribution is -0.120. The van der Waals surface area contributed by atoms with Crippen LogP contribution in [0.15, 0.2) is 60.7 Å². The van der Waals surface area contributed by atoms with Crippen molar-refractivity contribution < 1.29 is 4.79 Å². The average Bonchev–Trinajstić information content (AvgIpc) is 2.53. The van der Waals surface area contributed by atoms with Crippen molar-refractivity contribution in [1.82, 2.24) is 5.32 Å². The van der Waals surface area contributed by atoms with Crippen LogP contribution in [0, 0.1) is 0 Å². The van der Waals surface area contributed by atoms with Crippen LogP contribution in [0.2, 0.25) is 0 Å². The molecule has 21 heavy (non-hydrogen) atoms. The molecule has 110 valence electrons. The van der Waals surface area contributed by atoms with Crippen LogP contribution < -0.4 is 10.6 Å². The van der Waals surface area contributed by atoms with Gasteiger partial charge in [-0.1, -0.05) is 48.5 Å². The molecule has 2 N–H and O–H groups in total. The number of anilines is 1. The van der Waals surface area contributed by atoms with Crippen LogP contribution in [0.4, 0.5) is 5.69 Å².